The Labute approximate surface area is 210 Å². The van der Waals surface area contributed by atoms with Gasteiger partial charge in [-0.05, 0) is 31.2 Å². The Kier molecular flexibility index (Phi) is 7.80. The number of ether oxygens (including phenoxy) is 1. The molecule has 9 heteroatoms. The molecule has 1 aliphatic heterocycles. The monoisotopic (exact) mass is 489 g/mol. The van der Waals surface area contributed by atoms with Crippen LogP contribution in [0.4, 0.5) is 10.5 Å². The fourth-order valence-electron chi connectivity index (χ4n) is 4.10. The van der Waals surface area contributed by atoms with E-state index >= 15 is 0 Å². The van der Waals surface area contributed by atoms with Gasteiger partial charge in [0.15, 0.2) is 0 Å². The standard InChI is InChI=1S/C27H31N5O4/c1-18-15-32(19(2)17-33)26(34)23-12-21(20-8-7-11-28-13-20)14-29-25(23)36-24(18)16-31(3)27(35)30-22-9-5-4-6-10-22/h4-14,18-19,24,33H,15-17H2,1-3H3,(H,30,35)/t18-,19-,24+/m0/s1. The maximum atomic E-state index is 13.6. The van der Waals surface area contributed by atoms with Gasteiger partial charge < -0.3 is 25.0 Å². The largest absolute Gasteiger partial charge is 0.472 e. The van der Waals surface area contributed by atoms with Crippen molar-refractivity contribution < 1.29 is 19.4 Å². The first kappa shape index (κ1) is 25.1. The van der Waals surface area contributed by atoms with Crippen molar-refractivity contribution in [3.8, 4) is 17.0 Å². The minimum Gasteiger partial charge on any atom is -0.472 e. The third kappa shape index (κ3) is 5.63. The first-order chi connectivity index (χ1) is 17.4. The molecule has 0 aliphatic carbocycles. The van der Waals surface area contributed by atoms with E-state index in [0.29, 0.717) is 17.8 Å². The van der Waals surface area contributed by atoms with Crippen LogP contribution in [-0.2, 0) is 0 Å². The topological polar surface area (TPSA) is 108 Å². The van der Waals surface area contributed by atoms with Gasteiger partial charge in [-0.3, -0.25) is 9.78 Å². The van der Waals surface area contributed by atoms with E-state index in [-0.39, 0.29) is 36.9 Å². The lowest BCUT2D eigenvalue weighted by Gasteiger charge is -2.37. The number of carbonyl (C=O) groups is 2. The first-order valence-electron chi connectivity index (χ1n) is 11.9. The summed E-state index contributed by atoms with van der Waals surface area (Å²) in [4.78, 5) is 38.2. The molecule has 188 valence electrons. The second-order valence-corrected chi connectivity index (χ2v) is 9.12. The van der Waals surface area contributed by atoms with Crippen molar-refractivity contribution in [2.24, 2.45) is 5.92 Å². The van der Waals surface area contributed by atoms with Crippen molar-refractivity contribution in [1.82, 2.24) is 19.8 Å². The molecule has 3 atom stereocenters. The lowest BCUT2D eigenvalue weighted by atomic mass is 9.99. The number of rotatable bonds is 6. The van der Waals surface area contributed by atoms with Crippen molar-refractivity contribution in [2.45, 2.75) is 26.0 Å². The number of nitrogens with zero attached hydrogens (tertiary/aromatic N) is 4. The summed E-state index contributed by atoms with van der Waals surface area (Å²) < 4.78 is 6.28. The molecule has 3 aromatic rings. The molecule has 0 radical (unpaired) electrons. The molecular weight excluding hydrogens is 458 g/mol. The smallest absolute Gasteiger partial charge is 0.321 e. The second-order valence-electron chi connectivity index (χ2n) is 9.12. The van der Waals surface area contributed by atoms with Crippen molar-refractivity contribution >= 4 is 17.6 Å². The third-order valence-electron chi connectivity index (χ3n) is 6.34. The average molecular weight is 490 g/mol. The average Bonchev–Trinajstić information content (AvgIpc) is 2.91. The summed E-state index contributed by atoms with van der Waals surface area (Å²) in [6.07, 6.45) is 4.60. The minimum atomic E-state index is -0.437. The maximum Gasteiger partial charge on any atom is 0.321 e. The van der Waals surface area contributed by atoms with Crippen LogP contribution in [0.15, 0.2) is 67.1 Å². The molecule has 9 nitrogen and oxygen atoms in total. The van der Waals surface area contributed by atoms with Crippen LogP contribution in [0.5, 0.6) is 5.88 Å². The summed E-state index contributed by atoms with van der Waals surface area (Å²) in [6, 6.07) is 14.0. The Balaban J connectivity index is 1.62. The molecule has 3 amide bonds. The molecule has 0 saturated heterocycles. The van der Waals surface area contributed by atoms with Crippen LogP contribution < -0.4 is 10.1 Å². The quantitative estimate of drug-likeness (QED) is 0.549. The molecule has 4 rings (SSSR count). The molecule has 0 saturated carbocycles. The van der Waals surface area contributed by atoms with Crippen LogP contribution in [0.25, 0.3) is 11.1 Å². The minimum absolute atomic E-state index is 0.136. The zero-order valence-electron chi connectivity index (χ0n) is 20.7. The van der Waals surface area contributed by atoms with Gasteiger partial charge in [-0.25, -0.2) is 9.78 Å². The summed E-state index contributed by atoms with van der Waals surface area (Å²) in [7, 11) is 1.70. The number of amides is 3. The Morgan fingerprint density at radius 3 is 2.69 bits per heavy atom. The zero-order chi connectivity index (χ0) is 25.7. The third-order valence-corrected chi connectivity index (χ3v) is 6.34. The predicted molar refractivity (Wildman–Crippen MR) is 137 cm³/mol. The number of anilines is 1. The van der Waals surface area contributed by atoms with E-state index in [1.54, 1.807) is 48.4 Å². The highest BCUT2D eigenvalue weighted by molar-refractivity contribution is 5.98. The maximum absolute atomic E-state index is 13.6. The normalized spacial score (nSPS) is 18.3. The van der Waals surface area contributed by atoms with Crippen LogP contribution in [0.2, 0.25) is 0 Å². The van der Waals surface area contributed by atoms with Crippen molar-refractivity contribution in [2.75, 3.05) is 32.1 Å². The summed E-state index contributed by atoms with van der Waals surface area (Å²) in [6.45, 7) is 4.23. The van der Waals surface area contributed by atoms with Gasteiger partial charge in [-0.2, -0.15) is 0 Å². The van der Waals surface area contributed by atoms with E-state index in [9.17, 15) is 14.7 Å². The van der Waals surface area contributed by atoms with E-state index in [0.717, 1.165) is 11.1 Å². The van der Waals surface area contributed by atoms with E-state index in [1.165, 1.54) is 0 Å². The fraction of sp³-hybridized carbons (Fsp3) is 0.333. The van der Waals surface area contributed by atoms with Gasteiger partial charge in [-0.1, -0.05) is 31.2 Å². The molecule has 36 heavy (non-hydrogen) atoms. The number of nitrogens with one attached hydrogen (secondary N) is 1. The lowest BCUT2D eigenvalue weighted by Crippen LogP contribution is -2.50. The highest BCUT2D eigenvalue weighted by Gasteiger charge is 2.34. The number of hydrogen-bond acceptors (Lipinski definition) is 6. The highest BCUT2D eigenvalue weighted by atomic mass is 16.5. The van der Waals surface area contributed by atoms with Crippen molar-refractivity contribution in [3.05, 3.63) is 72.7 Å². The first-order valence-corrected chi connectivity index (χ1v) is 11.9. The van der Waals surface area contributed by atoms with E-state index in [4.69, 9.17) is 4.74 Å². The van der Waals surface area contributed by atoms with Gasteiger partial charge in [-0.15, -0.1) is 0 Å². The number of hydrogen-bond donors (Lipinski definition) is 2. The second kappa shape index (κ2) is 11.2. The number of para-hydroxylation sites is 1. The van der Waals surface area contributed by atoms with Crippen LogP contribution in [-0.4, -0.2) is 75.7 Å². The number of aromatic nitrogens is 2. The number of urea groups is 1. The number of aliphatic hydroxyl groups excluding tert-OH is 1. The Morgan fingerprint density at radius 2 is 2.00 bits per heavy atom. The summed E-state index contributed by atoms with van der Waals surface area (Å²) in [5.41, 5.74) is 2.57. The Bertz CT molecular complexity index is 1190. The summed E-state index contributed by atoms with van der Waals surface area (Å²) in [5.74, 6) is -0.190. The van der Waals surface area contributed by atoms with E-state index in [1.807, 2.05) is 49.4 Å². The SMILES string of the molecule is C[C@H]1CN([C@@H](C)CO)C(=O)c2cc(-c3cccnc3)cnc2O[C@@H]1CN(C)C(=O)Nc1ccccc1. The van der Waals surface area contributed by atoms with Crippen LogP contribution in [0.1, 0.15) is 24.2 Å². The van der Waals surface area contributed by atoms with E-state index < -0.39 is 12.1 Å². The number of pyridine rings is 2. The lowest BCUT2D eigenvalue weighted by molar-refractivity contribution is 0.0356. The van der Waals surface area contributed by atoms with Crippen LogP contribution in [0.3, 0.4) is 0 Å². The molecule has 0 unspecified atom stereocenters. The van der Waals surface area contributed by atoms with Gasteiger partial charge in [0.05, 0.1) is 19.2 Å². The Hall–Kier alpha value is -3.98. The van der Waals surface area contributed by atoms with Gasteiger partial charge in [0.25, 0.3) is 5.91 Å². The molecule has 1 aliphatic rings. The van der Waals surface area contributed by atoms with Crippen LogP contribution >= 0.6 is 0 Å². The van der Waals surface area contributed by atoms with Gasteiger partial charge in [0.1, 0.15) is 11.7 Å². The molecule has 0 bridgehead atoms. The van der Waals surface area contributed by atoms with Crippen LogP contribution in [0, 0.1) is 5.92 Å². The number of aliphatic hydroxyl groups is 1. The summed E-state index contributed by atoms with van der Waals surface area (Å²) >= 11 is 0. The molecular formula is C27H31N5O4. The molecule has 0 fully saturated rings. The fourth-order valence-corrected chi connectivity index (χ4v) is 4.10. The van der Waals surface area contributed by atoms with Gasteiger partial charge >= 0.3 is 6.03 Å². The number of benzene rings is 1. The molecule has 3 heterocycles. The van der Waals surface area contributed by atoms with Gasteiger partial charge in [0.2, 0.25) is 5.88 Å². The predicted octanol–water partition coefficient (Wildman–Crippen LogP) is 3.53. The number of carbonyl (C=O) groups excluding carboxylic acids is 2. The molecule has 0 spiro atoms. The number of likely N-dealkylation sites (N-methyl/N-ethyl adjacent to an activating group) is 1. The highest BCUT2D eigenvalue weighted by Crippen LogP contribution is 2.30. The number of fused-ring (bicyclic) bond motifs is 1. The Morgan fingerprint density at radius 1 is 1.22 bits per heavy atom. The zero-order valence-corrected chi connectivity index (χ0v) is 20.7. The molecule has 2 N–H and O–H groups in total. The van der Waals surface area contributed by atoms with E-state index in [2.05, 4.69) is 15.3 Å². The molecule has 1 aromatic carbocycles. The summed E-state index contributed by atoms with van der Waals surface area (Å²) in [5, 5.41) is 12.7. The molecule has 2 aromatic heterocycles. The van der Waals surface area contributed by atoms with Gasteiger partial charge in [0, 0.05) is 54.9 Å². The van der Waals surface area contributed by atoms with Crippen molar-refractivity contribution in [1.29, 1.82) is 0 Å². The van der Waals surface area contributed by atoms with Crippen molar-refractivity contribution in [3.63, 3.8) is 0 Å².